The van der Waals surface area contributed by atoms with Crippen molar-refractivity contribution < 1.29 is 4.92 Å². The fraction of sp³-hybridized carbons (Fsp3) is 0.538. The predicted octanol–water partition coefficient (Wildman–Crippen LogP) is 2.43. The van der Waals surface area contributed by atoms with Crippen LogP contribution in [0.4, 0.5) is 5.69 Å². The van der Waals surface area contributed by atoms with Crippen LogP contribution in [0.15, 0.2) is 18.2 Å². The Balaban J connectivity index is 2.10. The Kier molecular flexibility index (Phi) is 4.74. The zero-order valence-corrected chi connectivity index (χ0v) is 11.7. The fourth-order valence-electron chi connectivity index (χ4n) is 2.60. The summed E-state index contributed by atoms with van der Waals surface area (Å²) in [6.45, 7) is 2.74. The van der Waals surface area contributed by atoms with Gasteiger partial charge in [-0.15, -0.1) is 0 Å². The summed E-state index contributed by atoms with van der Waals surface area (Å²) in [7, 11) is 1.95. The van der Waals surface area contributed by atoms with Crippen LogP contribution in [-0.4, -0.2) is 36.0 Å². The number of nitrogens with one attached hydrogen (secondary N) is 1. The molecule has 19 heavy (non-hydrogen) atoms. The smallest absolute Gasteiger partial charge is 0.288 e. The molecule has 1 heterocycles. The normalized spacial score (nSPS) is 19.8. The van der Waals surface area contributed by atoms with E-state index in [2.05, 4.69) is 10.2 Å². The predicted molar refractivity (Wildman–Crippen MR) is 75.5 cm³/mol. The summed E-state index contributed by atoms with van der Waals surface area (Å²) in [4.78, 5) is 12.8. The molecule has 2 rings (SSSR count). The Bertz CT molecular complexity index is 467. The minimum absolute atomic E-state index is 0.0106. The van der Waals surface area contributed by atoms with Gasteiger partial charge in [0, 0.05) is 25.2 Å². The molecule has 6 heteroatoms. The highest BCUT2D eigenvalue weighted by molar-refractivity contribution is 6.32. The summed E-state index contributed by atoms with van der Waals surface area (Å²) in [5.41, 5.74) is 0.933. The first-order chi connectivity index (χ1) is 9.11. The lowest BCUT2D eigenvalue weighted by molar-refractivity contribution is -0.384. The van der Waals surface area contributed by atoms with E-state index < -0.39 is 4.92 Å². The van der Waals surface area contributed by atoms with Crippen molar-refractivity contribution in [3.8, 4) is 0 Å². The van der Waals surface area contributed by atoms with Crippen LogP contribution in [0.5, 0.6) is 0 Å². The van der Waals surface area contributed by atoms with E-state index in [-0.39, 0.29) is 10.7 Å². The van der Waals surface area contributed by atoms with Crippen LogP contribution in [0.1, 0.15) is 18.4 Å². The molecule has 0 saturated carbocycles. The molecule has 1 saturated heterocycles. The van der Waals surface area contributed by atoms with Gasteiger partial charge in [-0.3, -0.25) is 15.0 Å². The Hall–Kier alpha value is -1.17. The van der Waals surface area contributed by atoms with Gasteiger partial charge < -0.3 is 5.32 Å². The van der Waals surface area contributed by atoms with E-state index in [1.165, 1.54) is 12.8 Å². The molecule has 0 spiro atoms. The number of hydrogen-bond acceptors (Lipinski definition) is 4. The minimum Gasteiger partial charge on any atom is -0.318 e. The maximum atomic E-state index is 10.9. The number of halogens is 1. The second-order valence-electron chi connectivity index (χ2n) is 4.87. The van der Waals surface area contributed by atoms with Crippen molar-refractivity contribution >= 4 is 17.3 Å². The zero-order valence-electron chi connectivity index (χ0n) is 10.9. The molecule has 1 atom stereocenters. The van der Waals surface area contributed by atoms with E-state index in [0.717, 1.165) is 25.2 Å². The average molecular weight is 284 g/mol. The third-order valence-corrected chi connectivity index (χ3v) is 3.85. The summed E-state index contributed by atoms with van der Waals surface area (Å²) >= 11 is 5.82. The second kappa shape index (κ2) is 6.32. The van der Waals surface area contributed by atoms with E-state index in [4.69, 9.17) is 11.6 Å². The van der Waals surface area contributed by atoms with Crippen molar-refractivity contribution in [1.29, 1.82) is 0 Å². The van der Waals surface area contributed by atoms with E-state index >= 15 is 0 Å². The van der Waals surface area contributed by atoms with Gasteiger partial charge in [-0.1, -0.05) is 17.7 Å². The number of nitro benzene ring substituents is 1. The van der Waals surface area contributed by atoms with Crippen LogP contribution in [-0.2, 0) is 6.54 Å². The number of nitrogens with zero attached hydrogens (tertiary/aromatic N) is 2. The molecule has 1 fully saturated rings. The molecule has 5 nitrogen and oxygen atoms in total. The van der Waals surface area contributed by atoms with E-state index in [1.54, 1.807) is 12.1 Å². The molecule has 1 aliphatic heterocycles. The lowest BCUT2D eigenvalue weighted by atomic mass is 10.1. The minimum atomic E-state index is -0.430. The Morgan fingerprint density at radius 1 is 1.58 bits per heavy atom. The monoisotopic (exact) mass is 283 g/mol. The lowest BCUT2D eigenvalue weighted by Crippen LogP contribution is -2.36. The molecule has 0 amide bonds. The highest BCUT2D eigenvalue weighted by Crippen LogP contribution is 2.27. The third-order valence-electron chi connectivity index (χ3n) is 3.53. The van der Waals surface area contributed by atoms with Gasteiger partial charge in [0.2, 0.25) is 0 Å². The first kappa shape index (κ1) is 14.2. The summed E-state index contributed by atoms with van der Waals surface area (Å²) in [5, 5.41) is 14.3. The highest BCUT2D eigenvalue weighted by atomic mass is 35.5. The molecule has 0 bridgehead atoms. The molecule has 1 aromatic rings. The summed E-state index contributed by atoms with van der Waals surface area (Å²) in [6, 6.07) is 5.57. The Labute approximate surface area is 117 Å². The lowest BCUT2D eigenvalue weighted by Gasteiger charge is -2.24. The van der Waals surface area contributed by atoms with Gasteiger partial charge >= 0.3 is 0 Å². The van der Waals surface area contributed by atoms with Crippen LogP contribution < -0.4 is 5.32 Å². The molecule has 1 unspecified atom stereocenters. The molecule has 1 aromatic carbocycles. The second-order valence-corrected chi connectivity index (χ2v) is 5.27. The van der Waals surface area contributed by atoms with E-state index in [1.807, 2.05) is 13.1 Å². The number of hydrogen-bond donors (Lipinski definition) is 1. The van der Waals surface area contributed by atoms with Gasteiger partial charge in [0.1, 0.15) is 5.02 Å². The van der Waals surface area contributed by atoms with Crippen molar-refractivity contribution in [2.24, 2.45) is 0 Å². The van der Waals surface area contributed by atoms with Gasteiger partial charge in [0.15, 0.2) is 0 Å². The Morgan fingerprint density at radius 2 is 2.37 bits per heavy atom. The van der Waals surface area contributed by atoms with Crippen LogP contribution in [0, 0.1) is 10.1 Å². The summed E-state index contributed by atoms with van der Waals surface area (Å²) < 4.78 is 0. The number of nitro groups is 1. The van der Waals surface area contributed by atoms with Crippen molar-refractivity contribution in [3.05, 3.63) is 38.9 Å². The number of rotatable bonds is 5. The maximum Gasteiger partial charge on any atom is 0.288 e. The van der Waals surface area contributed by atoms with Crippen molar-refractivity contribution in [1.82, 2.24) is 10.2 Å². The number of likely N-dealkylation sites (tertiary alicyclic amines) is 1. The average Bonchev–Trinajstić information content (AvgIpc) is 2.79. The Morgan fingerprint density at radius 3 is 3.05 bits per heavy atom. The SMILES string of the molecule is CNCC1CCCN1Cc1ccc(Cl)c([N+](=O)[O-])c1. The van der Waals surface area contributed by atoms with Crippen molar-refractivity contribution in [2.75, 3.05) is 20.1 Å². The maximum absolute atomic E-state index is 10.9. The summed E-state index contributed by atoms with van der Waals surface area (Å²) in [6.07, 6.45) is 2.36. The zero-order chi connectivity index (χ0) is 13.8. The first-order valence-corrected chi connectivity index (χ1v) is 6.81. The van der Waals surface area contributed by atoms with Crippen LogP contribution in [0.2, 0.25) is 5.02 Å². The largest absolute Gasteiger partial charge is 0.318 e. The van der Waals surface area contributed by atoms with Crippen LogP contribution in [0.3, 0.4) is 0 Å². The molecule has 1 aliphatic rings. The van der Waals surface area contributed by atoms with Crippen molar-refractivity contribution in [2.45, 2.75) is 25.4 Å². The van der Waals surface area contributed by atoms with Gasteiger partial charge in [-0.05, 0) is 38.1 Å². The van der Waals surface area contributed by atoms with Gasteiger partial charge in [-0.2, -0.15) is 0 Å². The quantitative estimate of drug-likeness (QED) is 0.666. The van der Waals surface area contributed by atoms with Gasteiger partial charge in [0.05, 0.1) is 4.92 Å². The highest BCUT2D eigenvalue weighted by Gasteiger charge is 2.24. The molecule has 0 radical (unpaired) electrons. The van der Waals surface area contributed by atoms with E-state index in [9.17, 15) is 10.1 Å². The molecular weight excluding hydrogens is 266 g/mol. The summed E-state index contributed by atoms with van der Waals surface area (Å²) in [5.74, 6) is 0. The van der Waals surface area contributed by atoms with Crippen LogP contribution in [0.25, 0.3) is 0 Å². The molecule has 0 aliphatic carbocycles. The van der Waals surface area contributed by atoms with Gasteiger partial charge in [0.25, 0.3) is 5.69 Å². The number of benzene rings is 1. The van der Waals surface area contributed by atoms with Crippen LogP contribution >= 0.6 is 11.6 Å². The topological polar surface area (TPSA) is 58.4 Å². The molecule has 0 aromatic heterocycles. The van der Waals surface area contributed by atoms with Gasteiger partial charge in [-0.25, -0.2) is 0 Å². The number of likely N-dealkylation sites (N-methyl/N-ethyl adjacent to an activating group) is 1. The first-order valence-electron chi connectivity index (χ1n) is 6.43. The van der Waals surface area contributed by atoms with Crippen molar-refractivity contribution in [3.63, 3.8) is 0 Å². The third kappa shape index (κ3) is 3.43. The van der Waals surface area contributed by atoms with E-state index in [0.29, 0.717) is 6.04 Å². The molecule has 1 N–H and O–H groups in total. The standard InChI is InChI=1S/C13H18ClN3O2/c1-15-8-11-3-2-6-16(11)9-10-4-5-12(14)13(7-10)17(18)19/h4-5,7,11,15H,2-3,6,8-9H2,1H3. The fourth-order valence-corrected chi connectivity index (χ4v) is 2.79. The molecule has 104 valence electrons. The molecular formula is C13H18ClN3O2.